The lowest BCUT2D eigenvalue weighted by Gasteiger charge is -2.62. The van der Waals surface area contributed by atoms with Crippen molar-refractivity contribution in [3.05, 3.63) is 34.8 Å². The van der Waals surface area contributed by atoms with E-state index >= 15 is 4.39 Å². The van der Waals surface area contributed by atoms with Gasteiger partial charge in [0.25, 0.3) is 0 Å². The Bertz CT molecular complexity index is 993. The van der Waals surface area contributed by atoms with Gasteiger partial charge in [0.05, 0.1) is 0 Å². The number of alkyl halides is 1. The number of ether oxygens (including phenoxy) is 1. The van der Waals surface area contributed by atoms with Crippen LogP contribution in [-0.2, 0) is 24.2 Å². The maximum absolute atomic E-state index is 17.3. The number of halogens is 1. The number of fused-ring (bicyclic) bond motifs is 5. The van der Waals surface area contributed by atoms with E-state index in [1.54, 1.807) is 19.1 Å². The third-order valence-corrected chi connectivity index (χ3v) is 9.27. The van der Waals surface area contributed by atoms with Crippen LogP contribution in [0.2, 0.25) is 0 Å². The Kier molecular flexibility index (Phi) is 4.33. The van der Waals surface area contributed by atoms with Gasteiger partial charge in [-0.3, -0.25) is 9.59 Å². The van der Waals surface area contributed by atoms with E-state index in [9.17, 15) is 18.0 Å². The van der Waals surface area contributed by atoms with E-state index in [4.69, 9.17) is 4.74 Å². The topological polar surface area (TPSA) is 77.5 Å². The van der Waals surface area contributed by atoms with Crippen LogP contribution in [0.15, 0.2) is 34.8 Å². The molecule has 0 aliphatic heterocycles. The minimum atomic E-state index is -3.46. The number of carbonyl (C=O) groups is 2. The van der Waals surface area contributed by atoms with Gasteiger partial charge in [0.15, 0.2) is 21.3 Å². The molecule has 29 heavy (non-hydrogen) atoms. The summed E-state index contributed by atoms with van der Waals surface area (Å²) < 4.78 is 47.7. The molecule has 0 saturated heterocycles. The van der Waals surface area contributed by atoms with Gasteiger partial charge in [-0.25, -0.2) is 12.8 Å². The van der Waals surface area contributed by atoms with Gasteiger partial charge in [0.1, 0.15) is 6.10 Å². The van der Waals surface area contributed by atoms with Crippen LogP contribution in [0.25, 0.3) is 0 Å². The summed E-state index contributed by atoms with van der Waals surface area (Å²) in [5, 5.41) is 0. The van der Waals surface area contributed by atoms with E-state index in [2.05, 4.69) is 0 Å². The van der Waals surface area contributed by atoms with Crippen LogP contribution < -0.4 is 0 Å². The zero-order chi connectivity index (χ0) is 21.4. The van der Waals surface area contributed by atoms with Crippen molar-refractivity contribution in [2.45, 2.75) is 58.2 Å². The summed E-state index contributed by atoms with van der Waals surface area (Å²) in [7, 11) is -3.46. The maximum Gasteiger partial charge on any atom is 0.303 e. The summed E-state index contributed by atoms with van der Waals surface area (Å²) in [5.74, 6) is -1.44. The highest BCUT2D eigenvalue weighted by atomic mass is 32.2. The first-order chi connectivity index (χ1) is 13.3. The smallest absolute Gasteiger partial charge is 0.303 e. The van der Waals surface area contributed by atoms with E-state index in [0.29, 0.717) is 24.2 Å². The fourth-order valence-electron chi connectivity index (χ4n) is 6.61. The molecule has 5 nitrogen and oxygen atoms in total. The van der Waals surface area contributed by atoms with Gasteiger partial charge in [-0.05, 0) is 50.7 Å². The monoisotopic (exact) mass is 422 g/mol. The second-order valence-electron chi connectivity index (χ2n) is 9.42. The van der Waals surface area contributed by atoms with Crippen molar-refractivity contribution in [1.29, 1.82) is 0 Å². The van der Waals surface area contributed by atoms with Gasteiger partial charge in [0.2, 0.25) is 0 Å². The SMILES string of the molecule is CC(=O)O[C@H]1C[C@]2(C)C(S(C)(=O)=O)=CC[C@H]2[C@@H]2CCC3=CC(=O)C=C[C@]3(C)C12F. The highest BCUT2D eigenvalue weighted by molar-refractivity contribution is 7.94. The molecule has 0 aromatic rings. The Balaban J connectivity index is 1.88. The number of carbonyl (C=O) groups excluding carboxylic acids is 2. The van der Waals surface area contributed by atoms with Crippen LogP contribution in [-0.4, -0.2) is 38.2 Å². The molecule has 0 N–H and O–H groups in total. The van der Waals surface area contributed by atoms with Crippen molar-refractivity contribution in [2.75, 3.05) is 6.26 Å². The first-order valence-electron chi connectivity index (χ1n) is 10.0. The number of allylic oxidation sites excluding steroid dienone is 6. The van der Waals surface area contributed by atoms with Crippen molar-refractivity contribution >= 4 is 21.6 Å². The molecule has 0 aromatic carbocycles. The standard InChI is InChI=1S/C22H27FO5S/c1-13(24)28-18-12-20(2)16(7-8-19(20)29(4,26)27)17-6-5-14-11-15(25)9-10-21(14,3)22(17,18)23/h8-11,16-18H,5-7,12H2,1-4H3/t16-,17-,18-,20-,21-,22?/m0/s1. The van der Waals surface area contributed by atoms with E-state index in [-0.39, 0.29) is 18.1 Å². The van der Waals surface area contributed by atoms with Crippen molar-refractivity contribution in [1.82, 2.24) is 0 Å². The molecule has 7 heteroatoms. The second kappa shape index (κ2) is 6.13. The lowest BCUT2D eigenvalue weighted by atomic mass is 9.46. The molecule has 1 unspecified atom stereocenters. The molecule has 6 atom stereocenters. The summed E-state index contributed by atoms with van der Waals surface area (Å²) in [6.07, 6.45) is 7.97. The van der Waals surface area contributed by atoms with Crippen molar-refractivity contribution in [3.8, 4) is 0 Å². The largest absolute Gasteiger partial charge is 0.459 e. The van der Waals surface area contributed by atoms with Crippen LogP contribution in [0.5, 0.6) is 0 Å². The minimum absolute atomic E-state index is 0.105. The predicted octanol–water partition coefficient (Wildman–Crippen LogP) is 3.47. The second-order valence-corrected chi connectivity index (χ2v) is 11.4. The van der Waals surface area contributed by atoms with E-state index < -0.39 is 44.3 Å². The quantitative estimate of drug-likeness (QED) is 0.637. The van der Waals surface area contributed by atoms with Gasteiger partial charge < -0.3 is 4.74 Å². The summed E-state index contributed by atoms with van der Waals surface area (Å²) in [6.45, 7) is 4.88. The van der Waals surface area contributed by atoms with Gasteiger partial charge in [-0.1, -0.05) is 24.6 Å². The van der Waals surface area contributed by atoms with Crippen molar-refractivity contribution < 1.29 is 27.1 Å². The zero-order valence-corrected chi connectivity index (χ0v) is 18.0. The van der Waals surface area contributed by atoms with Gasteiger partial charge in [0, 0.05) is 34.8 Å². The first-order valence-corrected chi connectivity index (χ1v) is 11.9. The van der Waals surface area contributed by atoms with Crippen LogP contribution in [0.3, 0.4) is 0 Å². The molecule has 2 saturated carbocycles. The zero-order valence-electron chi connectivity index (χ0n) is 17.2. The third kappa shape index (κ3) is 2.65. The average molecular weight is 423 g/mol. The molecule has 4 aliphatic rings. The molecule has 0 heterocycles. The molecule has 0 bridgehead atoms. The molecule has 0 radical (unpaired) electrons. The Morgan fingerprint density at radius 2 is 1.97 bits per heavy atom. The van der Waals surface area contributed by atoms with E-state index in [1.165, 1.54) is 25.3 Å². The summed E-state index contributed by atoms with van der Waals surface area (Å²) in [6, 6.07) is 0. The predicted molar refractivity (Wildman–Crippen MR) is 106 cm³/mol. The number of rotatable bonds is 2. The molecular weight excluding hydrogens is 395 g/mol. The number of hydrogen-bond donors (Lipinski definition) is 0. The normalized spacial score (nSPS) is 43.6. The first kappa shape index (κ1) is 20.5. The third-order valence-electron chi connectivity index (χ3n) is 7.83. The number of ketones is 1. The Morgan fingerprint density at radius 3 is 2.59 bits per heavy atom. The summed E-state index contributed by atoms with van der Waals surface area (Å²) >= 11 is 0. The van der Waals surface area contributed by atoms with Gasteiger partial charge in [-0.2, -0.15) is 0 Å². The fraction of sp³-hybridized carbons (Fsp3) is 0.636. The lowest BCUT2D eigenvalue weighted by Crippen LogP contribution is -2.67. The van der Waals surface area contributed by atoms with E-state index in [1.807, 2.05) is 6.92 Å². The summed E-state index contributed by atoms with van der Waals surface area (Å²) in [5.41, 5.74) is -3.04. The number of sulfone groups is 1. The molecular formula is C22H27FO5S. The molecule has 0 amide bonds. The van der Waals surface area contributed by atoms with Gasteiger partial charge in [-0.15, -0.1) is 0 Å². The maximum atomic E-state index is 17.3. The highest BCUT2D eigenvalue weighted by Crippen LogP contribution is 2.68. The lowest BCUT2D eigenvalue weighted by molar-refractivity contribution is -0.205. The van der Waals surface area contributed by atoms with E-state index in [0.717, 1.165) is 5.57 Å². The Labute approximate surface area is 171 Å². The number of hydrogen-bond acceptors (Lipinski definition) is 5. The highest BCUT2D eigenvalue weighted by Gasteiger charge is 2.71. The Morgan fingerprint density at radius 1 is 1.28 bits per heavy atom. The Hall–Kier alpha value is -1.76. The molecule has 0 aromatic heterocycles. The average Bonchev–Trinajstić information content (AvgIpc) is 2.93. The molecule has 4 rings (SSSR count). The molecule has 0 spiro atoms. The number of esters is 1. The van der Waals surface area contributed by atoms with Gasteiger partial charge >= 0.3 is 5.97 Å². The van der Waals surface area contributed by atoms with Crippen LogP contribution in [0, 0.1) is 22.7 Å². The summed E-state index contributed by atoms with van der Waals surface area (Å²) in [4.78, 5) is 24.2. The van der Waals surface area contributed by atoms with Crippen LogP contribution in [0.4, 0.5) is 4.39 Å². The van der Waals surface area contributed by atoms with Crippen molar-refractivity contribution in [2.24, 2.45) is 22.7 Å². The molecule has 4 aliphatic carbocycles. The molecule has 158 valence electrons. The fourth-order valence-corrected chi connectivity index (χ4v) is 8.09. The van der Waals surface area contributed by atoms with Crippen LogP contribution in [0.1, 0.15) is 46.5 Å². The van der Waals surface area contributed by atoms with Crippen LogP contribution >= 0.6 is 0 Å². The minimum Gasteiger partial charge on any atom is -0.459 e. The van der Waals surface area contributed by atoms with Crippen molar-refractivity contribution in [3.63, 3.8) is 0 Å². The molecule has 2 fully saturated rings.